The molecule has 0 saturated carbocycles. The lowest BCUT2D eigenvalue weighted by atomic mass is 9.95. The SMILES string of the molecule is CC(C)CC(O)C(N)Cc1ccccc1F. The molecular formula is C13H20FNO. The number of aliphatic hydroxyl groups is 1. The molecule has 0 heterocycles. The molecule has 0 aliphatic carbocycles. The van der Waals surface area contributed by atoms with Crippen LogP contribution in [0.25, 0.3) is 0 Å². The largest absolute Gasteiger partial charge is 0.391 e. The van der Waals surface area contributed by atoms with Crippen molar-refractivity contribution in [2.24, 2.45) is 11.7 Å². The molecule has 0 spiro atoms. The maximum Gasteiger partial charge on any atom is 0.126 e. The van der Waals surface area contributed by atoms with Crippen LogP contribution in [-0.4, -0.2) is 17.3 Å². The quantitative estimate of drug-likeness (QED) is 0.806. The third kappa shape index (κ3) is 3.91. The van der Waals surface area contributed by atoms with Crippen LogP contribution in [0.15, 0.2) is 24.3 Å². The molecule has 0 bridgehead atoms. The van der Waals surface area contributed by atoms with E-state index < -0.39 is 12.1 Å². The number of nitrogens with two attached hydrogens (primary N) is 1. The Morgan fingerprint density at radius 1 is 1.31 bits per heavy atom. The lowest BCUT2D eigenvalue weighted by Crippen LogP contribution is -2.37. The van der Waals surface area contributed by atoms with Crippen molar-refractivity contribution in [1.29, 1.82) is 0 Å². The summed E-state index contributed by atoms with van der Waals surface area (Å²) < 4.78 is 13.3. The first-order valence-corrected chi connectivity index (χ1v) is 5.67. The van der Waals surface area contributed by atoms with Gasteiger partial charge in [-0.2, -0.15) is 0 Å². The minimum absolute atomic E-state index is 0.255. The van der Waals surface area contributed by atoms with E-state index in [4.69, 9.17) is 5.73 Å². The van der Waals surface area contributed by atoms with Crippen molar-refractivity contribution in [1.82, 2.24) is 0 Å². The molecule has 0 aliphatic rings. The molecule has 0 amide bonds. The van der Waals surface area contributed by atoms with Gasteiger partial charge >= 0.3 is 0 Å². The Morgan fingerprint density at radius 2 is 1.94 bits per heavy atom. The molecule has 1 aromatic rings. The van der Waals surface area contributed by atoms with E-state index in [1.54, 1.807) is 18.2 Å². The number of aliphatic hydroxyl groups excluding tert-OH is 1. The van der Waals surface area contributed by atoms with Crippen LogP contribution in [0.4, 0.5) is 4.39 Å². The first-order valence-electron chi connectivity index (χ1n) is 5.67. The molecule has 0 radical (unpaired) electrons. The van der Waals surface area contributed by atoms with Gasteiger partial charge in [-0.1, -0.05) is 32.0 Å². The smallest absolute Gasteiger partial charge is 0.126 e. The Hall–Kier alpha value is -0.930. The molecule has 0 saturated heterocycles. The Balaban J connectivity index is 2.57. The van der Waals surface area contributed by atoms with Gasteiger partial charge in [0.2, 0.25) is 0 Å². The van der Waals surface area contributed by atoms with Crippen LogP contribution >= 0.6 is 0 Å². The average Bonchev–Trinajstić information content (AvgIpc) is 2.20. The molecule has 0 fully saturated rings. The third-order valence-corrected chi connectivity index (χ3v) is 2.62. The summed E-state index contributed by atoms with van der Waals surface area (Å²) in [6.07, 6.45) is 0.454. The van der Waals surface area contributed by atoms with E-state index in [1.165, 1.54) is 6.07 Å². The number of rotatable bonds is 5. The van der Waals surface area contributed by atoms with Crippen LogP contribution in [0.1, 0.15) is 25.8 Å². The normalized spacial score (nSPS) is 15.1. The van der Waals surface area contributed by atoms with Crippen molar-refractivity contribution in [3.8, 4) is 0 Å². The highest BCUT2D eigenvalue weighted by atomic mass is 19.1. The molecule has 3 heteroatoms. The molecule has 16 heavy (non-hydrogen) atoms. The van der Waals surface area contributed by atoms with Gasteiger partial charge in [0.25, 0.3) is 0 Å². The topological polar surface area (TPSA) is 46.2 Å². The van der Waals surface area contributed by atoms with Gasteiger partial charge in [-0.15, -0.1) is 0 Å². The van der Waals surface area contributed by atoms with Gasteiger partial charge in [0.05, 0.1) is 6.10 Å². The van der Waals surface area contributed by atoms with Gasteiger partial charge in [-0.3, -0.25) is 0 Å². The first-order chi connectivity index (χ1) is 7.50. The second kappa shape index (κ2) is 5.97. The highest BCUT2D eigenvalue weighted by Crippen LogP contribution is 2.13. The van der Waals surface area contributed by atoms with Crippen LogP contribution in [-0.2, 0) is 6.42 Å². The lowest BCUT2D eigenvalue weighted by Gasteiger charge is -2.20. The lowest BCUT2D eigenvalue weighted by molar-refractivity contribution is 0.120. The summed E-state index contributed by atoms with van der Waals surface area (Å²) in [6, 6.07) is 6.14. The minimum Gasteiger partial charge on any atom is -0.391 e. The molecule has 2 atom stereocenters. The van der Waals surface area contributed by atoms with Crippen molar-refractivity contribution in [3.63, 3.8) is 0 Å². The van der Waals surface area contributed by atoms with Crippen molar-refractivity contribution < 1.29 is 9.50 Å². The van der Waals surface area contributed by atoms with Gasteiger partial charge in [0, 0.05) is 6.04 Å². The molecule has 0 aromatic heterocycles. The summed E-state index contributed by atoms with van der Waals surface area (Å²) in [7, 11) is 0. The Morgan fingerprint density at radius 3 is 2.50 bits per heavy atom. The highest BCUT2D eigenvalue weighted by Gasteiger charge is 2.17. The zero-order valence-corrected chi connectivity index (χ0v) is 9.86. The molecule has 2 nitrogen and oxygen atoms in total. The fourth-order valence-electron chi connectivity index (χ4n) is 1.71. The van der Waals surface area contributed by atoms with Gasteiger partial charge in [-0.05, 0) is 30.4 Å². The molecule has 90 valence electrons. The number of hydrogen-bond donors (Lipinski definition) is 2. The Kier molecular flexibility index (Phi) is 4.90. The summed E-state index contributed by atoms with van der Waals surface area (Å²) in [5.41, 5.74) is 6.42. The van der Waals surface area contributed by atoms with Gasteiger partial charge in [0.1, 0.15) is 5.82 Å². The number of halogens is 1. The standard InChI is InChI=1S/C13H20FNO/c1-9(2)7-13(16)12(15)8-10-5-3-4-6-11(10)14/h3-6,9,12-13,16H,7-8,15H2,1-2H3. The molecule has 1 rings (SSSR count). The van der Waals surface area contributed by atoms with E-state index in [9.17, 15) is 9.50 Å². The highest BCUT2D eigenvalue weighted by molar-refractivity contribution is 5.18. The third-order valence-electron chi connectivity index (χ3n) is 2.62. The van der Waals surface area contributed by atoms with Crippen molar-refractivity contribution >= 4 is 0 Å². The van der Waals surface area contributed by atoms with E-state index in [-0.39, 0.29) is 5.82 Å². The monoisotopic (exact) mass is 225 g/mol. The van der Waals surface area contributed by atoms with Gasteiger partial charge in [0.15, 0.2) is 0 Å². The van der Waals surface area contributed by atoms with E-state index >= 15 is 0 Å². The maximum absolute atomic E-state index is 13.3. The van der Waals surface area contributed by atoms with Crippen molar-refractivity contribution in [3.05, 3.63) is 35.6 Å². The predicted octanol–water partition coefficient (Wildman–Crippen LogP) is 2.10. The summed E-state index contributed by atoms with van der Waals surface area (Å²) in [5, 5.41) is 9.79. The number of hydrogen-bond acceptors (Lipinski definition) is 2. The van der Waals surface area contributed by atoms with Gasteiger partial charge in [-0.25, -0.2) is 4.39 Å². The molecule has 3 N–H and O–H groups in total. The van der Waals surface area contributed by atoms with Crippen LogP contribution < -0.4 is 5.73 Å². The van der Waals surface area contributed by atoms with Crippen LogP contribution in [0.2, 0.25) is 0 Å². The van der Waals surface area contributed by atoms with E-state index in [2.05, 4.69) is 0 Å². The molecule has 0 aliphatic heterocycles. The zero-order chi connectivity index (χ0) is 12.1. The second-order valence-electron chi connectivity index (χ2n) is 4.66. The van der Waals surface area contributed by atoms with E-state index in [1.807, 2.05) is 13.8 Å². The minimum atomic E-state index is -0.570. The van der Waals surface area contributed by atoms with E-state index in [0.29, 0.717) is 24.3 Å². The second-order valence-corrected chi connectivity index (χ2v) is 4.66. The van der Waals surface area contributed by atoms with Crippen LogP contribution in [0, 0.1) is 11.7 Å². The Bertz CT molecular complexity index is 327. The summed E-state index contributed by atoms with van der Waals surface area (Å²) >= 11 is 0. The average molecular weight is 225 g/mol. The summed E-state index contributed by atoms with van der Waals surface area (Å²) in [4.78, 5) is 0. The van der Waals surface area contributed by atoms with Crippen LogP contribution in [0.3, 0.4) is 0 Å². The summed E-state index contributed by atoms with van der Waals surface area (Å²) in [5.74, 6) is 0.136. The first kappa shape index (κ1) is 13.1. The number of benzene rings is 1. The predicted molar refractivity (Wildman–Crippen MR) is 63.5 cm³/mol. The summed E-state index contributed by atoms with van der Waals surface area (Å²) in [6.45, 7) is 4.05. The molecular weight excluding hydrogens is 205 g/mol. The van der Waals surface area contributed by atoms with Gasteiger partial charge < -0.3 is 10.8 Å². The molecule has 1 aromatic carbocycles. The van der Waals surface area contributed by atoms with Crippen molar-refractivity contribution in [2.75, 3.05) is 0 Å². The fraction of sp³-hybridized carbons (Fsp3) is 0.538. The zero-order valence-electron chi connectivity index (χ0n) is 9.86. The molecule has 2 unspecified atom stereocenters. The van der Waals surface area contributed by atoms with E-state index in [0.717, 1.165) is 0 Å². The van der Waals surface area contributed by atoms with Crippen molar-refractivity contribution in [2.45, 2.75) is 38.8 Å². The maximum atomic E-state index is 13.3. The Labute approximate surface area is 96.3 Å². The fourth-order valence-corrected chi connectivity index (χ4v) is 1.71. The van der Waals surface area contributed by atoms with Crippen LogP contribution in [0.5, 0.6) is 0 Å².